The van der Waals surface area contributed by atoms with Crippen molar-refractivity contribution in [3.8, 4) is 11.3 Å². The normalized spacial score (nSPS) is 17.3. The van der Waals surface area contributed by atoms with Gasteiger partial charge in [0.15, 0.2) is 0 Å². The molecule has 0 saturated carbocycles. The Balaban J connectivity index is 1.38. The maximum absolute atomic E-state index is 6.34. The summed E-state index contributed by atoms with van der Waals surface area (Å²) in [6.07, 6.45) is 0. The number of para-hydroxylation sites is 1. The van der Waals surface area contributed by atoms with Crippen LogP contribution in [0.3, 0.4) is 0 Å². The maximum Gasteiger partial charge on any atom is 0.494 e. The van der Waals surface area contributed by atoms with Crippen LogP contribution in [0.4, 0.5) is 0 Å². The molecule has 3 nitrogen and oxygen atoms in total. The van der Waals surface area contributed by atoms with Crippen LogP contribution in [0.1, 0.15) is 27.7 Å². The topological polar surface area (TPSA) is 31.4 Å². The highest BCUT2D eigenvalue weighted by molar-refractivity contribution is 6.62. The highest BCUT2D eigenvalue weighted by Gasteiger charge is 2.51. The monoisotopic (exact) mass is 455 g/mol. The molecule has 0 unspecified atom stereocenters. The van der Waals surface area contributed by atoms with Crippen LogP contribution in [0.15, 0.2) is 84.9 Å². The largest absolute Gasteiger partial charge is 0.494 e. The summed E-state index contributed by atoms with van der Waals surface area (Å²) in [6, 6.07) is 30.4. The van der Waals surface area contributed by atoms with Gasteiger partial charge in [0.25, 0.3) is 0 Å². The van der Waals surface area contributed by atoms with Gasteiger partial charge in [-0.3, -0.25) is 0 Å². The highest BCUT2D eigenvalue weighted by Crippen LogP contribution is 2.39. The smallest absolute Gasteiger partial charge is 0.399 e. The quantitative estimate of drug-likeness (QED) is 0.206. The van der Waals surface area contributed by atoms with E-state index in [4.69, 9.17) is 14.3 Å². The lowest BCUT2D eigenvalue weighted by Crippen LogP contribution is -2.41. The lowest BCUT2D eigenvalue weighted by molar-refractivity contribution is 0.00578. The van der Waals surface area contributed by atoms with Crippen LogP contribution in [0, 0.1) is 0 Å². The summed E-state index contributed by atoms with van der Waals surface area (Å²) in [4.78, 5) is 4.93. The Morgan fingerprint density at radius 2 is 1.11 bits per heavy atom. The standard InChI is InChI=1S/C31H26BNO2/c1-30(2)31(3,4)35-32(34-30)25-17-22-11-9-20-15-24(16-21-10-12-23(18-25)29(22)28(20)21)27-14-13-19-7-5-6-8-26(19)33-27/h5-18H,1-4H3. The summed E-state index contributed by atoms with van der Waals surface area (Å²) in [5.74, 6) is 0. The first-order chi connectivity index (χ1) is 16.8. The van der Waals surface area contributed by atoms with Crippen LogP contribution < -0.4 is 5.46 Å². The molecule has 1 fully saturated rings. The number of rotatable bonds is 2. The van der Waals surface area contributed by atoms with Crippen molar-refractivity contribution in [2.24, 2.45) is 0 Å². The van der Waals surface area contributed by atoms with E-state index in [-0.39, 0.29) is 18.3 Å². The van der Waals surface area contributed by atoms with Crippen LogP contribution >= 0.6 is 0 Å². The van der Waals surface area contributed by atoms with E-state index in [9.17, 15) is 0 Å². The molecule has 2 heterocycles. The lowest BCUT2D eigenvalue weighted by atomic mass is 9.76. The van der Waals surface area contributed by atoms with Gasteiger partial charge < -0.3 is 9.31 Å². The van der Waals surface area contributed by atoms with Gasteiger partial charge in [0.05, 0.1) is 22.4 Å². The molecule has 0 amide bonds. The molecule has 0 bridgehead atoms. The maximum atomic E-state index is 6.34. The average molecular weight is 455 g/mol. The van der Waals surface area contributed by atoms with Gasteiger partial charge >= 0.3 is 7.12 Å². The Morgan fingerprint density at radius 3 is 1.71 bits per heavy atom. The van der Waals surface area contributed by atoms with Crippen molar-refractivity contribution in [2.75, 3.05) is 0 Å². The number of nitrogens with zero attached hydrogens (tertiary/aromatic N) is 1. The molecule has 0 aliphatic carbocycles. The van der Waals surface area contributed by atoms with E-state index in [1.54, 1.807) is 0 Å². The average Bonchev–Trinajstić information content (AvgIpc) is 3.08. The Morgan fingerprint density at radius 1 is 0.600 bits per heavy atom. The first-order valence-corrected chi connectivity index (χ1v) is 12.2. The molecule has 0 radical (unpaired) electrons. The zero-order valence-electron chi connectivity index (χ0n) is 20.4. The lowest BCUT2D eigenvalue weighted by Gasteiger charge is -2.32. The molecular formula is C31H26BNO2. The van der Waals surface area contributed by atoms with Crippen molar-refractivity contribution >= 4 is 55.8 Å². The van der Waals surface area contributed by atoms with E-state index in [2.05, 4.69) is 107 Å². The molecule has 7 rings (SSSR count). The summed E-state index contributed by atoms with van der Waals surface area (Å²) < 4.78 is 12.7. The number of aromatic nitrogens is 1. The Hall–Kier alpha value is -3.47. The van der Waals surface area contributed by atoms with E-state index < -0.39 is 0 Å². The summed E-state index contributed by atoms with van der Waals surface area (Å²) >= 11 is 0. The molecule has 0 N–H and O–H groups in total. The molecule has 0 atom stereocenters. The molecule has 5 aromatic carbocycles. The van der Waals surface area contributed by atoms with Crippen molar-refractivity contribution < 1.29 is 9.31 Å². The fourth-order valence-corrected chi connectivity index (χ4v) is 5.35. The van der Waals surface area contributed by atoms with Crippen molar-refractivity contribution in [1.82, 2.24) is 4.98 Å². The van der Waals surface area contributed by atoms with Crippen molar-refractivity contribution in [3.05, 3.63) is 84.9 Å². The first-order valence-electron chi connectivity index (χ1n) is 12.2. The fourth-order valence-electron chi connectivity index (χ4n) is 5.35. The second-order valence-corrected chi connectivity index (χ2v) is 10.7. The first kappa shape index (κ1) is 20.9. The number of hydrogen-bond acceptors (Lipinski definition) is 3. The van der Waals surface area contributed by atoms with Crippen LogP contribution in [-0.4, -0.2) is 23.3 Å². The predicted octanol–water partition coefficient (Wildman–Crippen LogP) is 7.10. The summed E-state index contributed by atoms with van der Waals surface area (Å²) in [5.41, 5.74) is 3.50. The van der Waals surface area contributed by atoms with Crippen molar-refractivity contribution in [1.29, 1.82) is 0 Å². The van der Waals surface area contributed by atoms with E-state index in [1.807, 2.05) is 6.07 Å². The third kappa shape index (κ3) is 3.10. The number of fused-ring (bicyclic) bond motifs is 1. The van der Waals surface area contributed by atoms with Gasteiger partial charge in [-0.1, -0.05) is 60.7 Å². The molecule has 1 aliphatic rings. The van der Waals surface area contributed by atoms with Gasteiger partial charge in [-0.25, -0.2) is 4.98 Å². The van der Waals surface area contributed by atoms with Gasteiger partial charge in [-0.2, -0.15) is 0 Å². The van der Waals surface area contributed by atoms with E-state index >= 15 is 0 Å². The van der Waals surface area contributed by atoms with Gasteiger partial charge in [0.1, 0.15) is 0 Å². The third-order valence-corrected chi connectivity index (χ3v) is 7.98. The van der Waals surface area contributed by atoms with Gasteiger partial charge in [0, 0.05) is 10.9 Å². The number of hydrogen-bond donors (Lipinski definition) is 0. The third-order valence-electron chi connectivity index (χ3n) is 7.98. The fraction of sp³-hybridized carbons (Fsp3) is 0.194. The van der Waals surface area contributed by atoms with Crippen LogP contribution in [0.25, 0.3) is 54.5 Å². The second-order valence-electron chi connectivity index (χ2n) is 10.7. The number of pyridine rings is 1. The number of benzene rings is 5. The molecule has 1 aliphatic heterocycles. The van der Waals surface area contributed by atoms with Crippen LogP contribution in [0.5, 0.6) is 0 Å². The molecule has 1 saturated heterocycles. The minimum atomic E-state index is -0.368. The minimum Gasteiger partial charge on any atom is -0.399 e. The minimum absolute atomic E-state index is 0.358. The second kappa shape index (κ2) is 7.03. The van der Waals surface area contributed by atoms with Crippen molar-refractivity contribution in [2.45, 2.75) is 38.9 Å². The summed E-state index contributed by atoms with van der Waals surface area (Å²) in [6.45, 7) is 8.39. The van der Waals surface area contributed by atoms with E-state index in [1.165, 1.54) is 32.3 Å². The SMILES string of the molecule is CC1(C)OB(c2cc3ccc4cc(-c5ccc6ccccc6n5)cc5ccc(c2)c3c45)OC1(C)C. The zero-order valence-corrected chi connectivity index (χ0v) is 20.4. The van der Waals surface area contributed by atoms with E-state index in [0.717, 1.165) is 27.6 Å². The summed E-state index contributed by atoms with van der Waals surface area (Å²) in [5, 5.41) is 8.63. The molecule has 4 heteroatoms. The Bertz CT molecular complexity index is 1690. The zero-order chi connectivity index (χ0) is 23.9. The van der Waals surface area contributed by atoms with Crippen LogP contribution in [0.2, 0.25) is 0 Å². The molecule has 0 spiro atoms. The van der Waals surface area contributed by atoms with Gasteiger partial charge in [-0.15, -0.1) is 0 Å². The van der Waals surface area contributed by atoms with Crippen molar-refractivity contribution in [3.63, 3.8) is 0 Å². The van der Waals surface area contributed by atoms with Gasteiger partial charge in [0.2, 0.25) is 0 Å². The molecule has 1 aromatic heterocycles. The Kier molecular flexibility index (Phi) is 4.19. The molecule has 35 heavy (non-hydrogen) atoms. The predicted molar refractivity (Wildman–Crippen MR) is 147 cm³/mol. The molecule has 170 valence electrons. The van der Waals surface area contributed by atoms with Gasteiger partial charge in [-0.05, 0) is 89.7 Å². The Labute approximate surface area is 205 Å². The molecular weight excluding hydrogens is 429 g/mol. The van der Waals surface area contributed by atoms with Crippen LogP contribution in [-0.2, 0) is 9.31 Å². The summed E-state index contributed by atoms with van der Waals surface area (Å²) in [7, 11) is -0.368. The molecule has 6 aromatic rings. The van der Waals surface area contributed by atoms with E-state index in [0.29, 0.717) is 0 Å². The highest BCUT2D eigenvalue weighted by atomic mass is 16.7.